The number of nitrogens with one attached hydrogen (secondary N) is 1. The van der Waals surface area contributed by atoms with Gasteiger partial charge in [-0.05, 0) is 12.2 Å². The number of amides is 3. The van der Waals surface area contributed by atoms with Gasteiger partial charge in [0.15, 0.2) is 5.55 Å². The maximum absolute atomic E-state index is 10.1. The fourth-order valence-corrected chi connectivity index (χ4v) is 0.261. The highest BCUT2D eigenvalue weighted by molar-refractivity contribution is 7.78. The molecule has 0 aliphatic heterocycles. The van der Waals surface area contributed by atoms with Gasteiger partial charge in [-0.3, -0.25) is 0 Å². The summed E-state index contributed by atoms with van der Waals surface area (Å²) < 4.78 is 3.99. The Morgan fingerprint density at radius 1 is 1.67 bits per heavy atom. The second-order valence-corrected chi connectivity index (χ2v) is 1.18. The molecule has 0 aliphatic carbocycles. The monoisotopic (exact) mass is 148 g/mol. The van der Waals surface area contributed by atoms with Crippen LogP contribution in [0.5, 0.6) is 0 Å². The Morgan fingerprint density at radius 3 is 2.56 bits per heavy atom. The third-order valence-electron chi connectivity index (χ3n) is 0.380. The molecule has 0 heterocycles. The van der Waals surface area contributed by atoms with E-state index < -0.39 is 12.1 Å². The van der Waals surface area contributed by atoms with E-state index >= 15 is 0 Å². The molecule has 0 aliphatic rings. The number of rotatable bonds is 1. The van der Waals surface area contributed by atoms with Crippen LogP contribution in [0.1, 0.15) is 0 Å². The van der Waals surface area contributed by atoms with E-state index in [4.69, 9.17) is 0 Å². The molecule has 5 nitrogen and oxygen atoms in total. The second kappa shape index (κ2) is 3.79. The van der Waals surface area contributed by atoms with Crippen LogP contribution in [-0.2, 0) is 4.74 Å². The molecular formula is C3H4N2O3S. The Balaban J connectivity index is 3.50. The third kappa shape index (κ3) is 4.69. The lowest BCUT2D eigenvalue weighted by Crippen LogP contribution is -2.35. The van der Waals surface area contributed by atoms with Crippen molar-refractivity contribution in [1.29, 1.82) is 0 Å². The summed E-state index contributed by atoms with van der Waals surface area (Å²) in [6.45, 7) is 0. The lowest BCUT2D eigenvalue weighted by Gasteiger charge is -1.94. The first-order valence-corrected chi connectivity index (χ1v) is 2.34. The highest BCUT2D eigenvalue weighted by atomic mass is 32.1. The Morgan fingerprint density at radius 2 is 2.22 bits per heavy atom. The van der Waals surface area contributed by atoms with Gasteiger partial charge in [0.05, 0.1) is 0 Å². The molecule has 0 aromatic rings. The summed E-state index contributed by atoms with van der Waals surface area (Å²) in [5.74, 6) is 0. The summed E-state index contributed by atoms with van der Waals surface area (Å²) in [4.78, 5) is 20.0. The summed E-state index contributed by atoms with van der Waals surface area (Å²) in [5.41, 5.74) is 5.25. The molecule has 0 atom stereocenters. The zero-order valence-electron chi connectivity index (χ0n) is 4.29. The summed E-state index contributed by atoms with van der Waals surface area (Å²) in [7, 11) is 0. The SMILES string of the molecule is NC(=O)NC(=O)OC=S. The van der Waals surface area contributed by atoms with Crippen LogP contribution in [0.4, 0.5) is 9.59 Å². The van der Waals surface area contributed by atoms with Crippen LogP contribution in [0.3, 0.4) is 0 Å². The lowest BCUT2D eigenvalue weighted by molar-refractivity contribution is 0.199. The Hall–Kier alpha value is -1.17. The van der Waals surface area contributed by atoms with Crippen molar-refractivity contribution in [3.05, 3.63) is 0 Å². The summed E-state index contributed by atoms with van der Waals surface area (Å²) in [6.07, 6.45) is -0.975. The van der Waals surface area contributed by atoms with Gasteiger partial charge in [0.2, 0.25) is 0 Å². The molecule has 0 bridgehead atoms. The van der Waals surface area contributed by atoms with Crippen molar-refractivity contribution in [2.45, 2.75) is 0 Å². The number of urea groups is 1. The first kappa shape index (κ1) is 7.83. The number of hydrogen-bond donors (Lipinski definition) is 2. The van der Waals surface area contributed by atoms with Gasteiger partial charge in [-0.15, -0.1) is 0 Å². The van der Waals surface area contributed by atoms with E-state index in [1.807, 2.05) is 0 Å². The van der Waals surface area contributed by atoms with Crippen LogP contribution in [0.2, 0.25) is 0 Å². The molecule has 0 fully saturated rings. The minimum atomic E-state index is -0.975. The molecule has 0 radical (unpaired) electrons. The number of thiocarbonyl (C=S) groups is 1. The van der Waals surface area contributed by atoms with Gasteiger partial charge in [-0.1, -0.05) is 0 Å². The number of carbonyl (C=O) groups excluding carboxylic acids is 2. The van der Waals surface area contributed by atoms with E-state index in [1.54, 1.807) is 5.32 Å². The highest BCUT2D eigenvalue weighted by Crippen LogP contribution is 1.70. The summed E-state index contributed by atoms with van der Waals surface area (Å²) in [5, 5.41) is 1.62. The Bertz CT molecular complexity index is 146. The van der Waals surface area contributed by atoms with Gasteiger partial charge >= 0.3 is 12.1 Å². The van der Waals surface area contributed by atoms with Crippen molar-refractivity contribution in [3.8, 4) is 0 Å². The quantitative estimate of drug-likeness (QED) is 0.502. The minimum absolute atomic E-state index is 0.721. The molecule has 3 amide bonds. The maximum atomic E-state index is 10.1. The van der Waals surface area contributed by atoms with Crippen LogP contribution in [0, 0.1) is 0 Å². The Labute approximate surface area is 56.2 Å². The number of hydrogen-bond acceptors (Lipinski definition) is 4. The largest absolute Gasteiger partial charge is 0.420 e. The fourth-order valence-electron chi connectivity index (χ4n) is 0.174. The van der Waals surface area contributed by atoms with Gasteiger partial charge in [0.25, 0.3) is 0 Å². The van der Waals surface area contributed by atoms with E-state index in [0.717, 1.165) is 5.55 Å². The van der Waals surface area contributed by atoms with Gasteiger partial charge in [0, 0.05) is 0 Å². The number of nitrogens with two attached hydrogens (primary N) is 1. The predicted molar refractivity (Wildman–Crippen MR) is 32.9 cm³/mol. The molecular weight excluding hydrogens is 144 g/mol. The van der Waals surface area contributed by atoms with Crippen LogP contribution in [0.25, 0.3) is 0 Å². The average molecular weight is 148 g/mol. The van der Waals surface area contributed by atoms with Gasteiger partial charge in [-0.2, -0.15) is 0 Å². The second-order valence-electron chi connectivity index (χ2n) is 0.991. The van der Waals surface area contributed by atoms with Crippen molar-refractivity contribution >= 4 is 29.9 Å². The number of imide groups is 1. The molecule has 6 heteroatoms. The fraction of sp³-hybridized carbons (Fsp3) is 0. The molecule has 9 heavy (non-hydrogen) atoms. The van der Waals surface area contributed by atoms with Crippen LogP contribution in [-0.4, -0.2) is 17.7 Å². The molecule has 0 saturated carbocycles. The first-order chi connectivity index (χ1) is 4.16. The topological polar surface area (TPSA) is 81.4 Å². The number of alkyl carbamates (subject to hydrolysis) is 1. The van der Waals surface area contributed by atoms with Crippen molar-refractivity contribution in [2.75, 3.05) is 0 Å². The molecule has 0 spiro atoms. The molecule has 3 N–H and O–H groups in total. The van der Waals surface area contributed by atoms with Gasteiger partial charge < -0.3 is 10.5 Å². The molecule has 0 unspecified atom stereocenters. The van der Waals surface area contributed by atoms with Gasteiger partial charge in [-0.25, -0.2) is 14.9 Å². The number of carbonyl (C=O) groups is 2. The van der Waals surface area contributed by atoms with Crippen LogP contribution in [0.15, 0.2) is 0 Å². The maximum Gasteiger partial charge on any atom is 0.420 e. The van der Waals surface area contributed by atoms with Gasteiger partial charge in [0.1, 0.15) is 0 Å². The normalized spacial score (nSPS) is 7.56. The number of primary amides is 1. The average Bonchev–Trinajstić information content (AvgIpc) is 1.63. The van der Waals surface area contributed by atoms with E-state index in [1.165, 1.54) is 0 Å². The van der Waals surface area contributed by atoms with Crippen LogP contribution >= 0.6 is 12.2 Å². The summed E-state index contributed by atoms with van der Waals surface area (Å²) in [6, 6.07) is -0.975. The minimum Gasteiger partial charge on any atom is -0.406 e. The van der Waals surface area contributed by atoms with Crippen molar-refractivity contribution < 1.29 is 14.3 Å². The van der Waals surface area contributed by atoms with Crippen LogP contribution < -0.4 is 11.1 Å². The predicted octanol–water partition coefficient (Wildman–Crippen LogP) is -0.251. The zero-order valence-corrected chi connectivity index (χ0v) is 5.10. The number of ether oxygens (including phenoxy) is 1. The standard InChI is InChI=1S/C3H4N2O3S/c4-2(6)5-3(7)8-1-9/h1H,(H3,4,5,6,7). The Kier molecular flexibility index (Phi) is 3.29. The molecule has 0 aromatic carbocycles. The third-order valence-corrected chi connectivity index (χ3v) is 0.477. The molecule has 50 valence electrons. The highest BCUT2D eigenvalue weighted by Gasteiger charge is 2.00. The smallest absolute Gasteiger partial charge is 0.406 e. The lowest BCUT2D eigenvalue weighted by atomic mass is 11.0. The van der Waals surface area contributed by atoms with Crippen molar-refractivity contribution in [1.82, 2.24) is 5.32 Å². The van der Waals surface area contributed by atoms with Crippen molar-refractivity contribution in [3.63, 3.8) is 0 Å². The van der Waals surface area contributed by atoms with E-state index in [0.29, 0.717) is 0 Å². The van der Waals surface area contributed by atoms with Crippen molar-refractivity contribution in [2.24, 2.45) is 5.73 Å². The van der Waals surface area contributed by atoms with E-state index in [2.05, 4.69) is 22.7 Å². The first-order valence-electron chi connectivity index (χ1n) is 1.87. The van der Waals surface area contributed by atoms with E-state index in [-0.39, 0.29) is 0 Å². The molecule has 0 rings (SSSR count). The zero-order chi connectivity index (χ0) is 7.28. The summed E-state index contributed by atoms with van der Waals surface area (Å²) >= 11 is 4.12. The van der Waals surface area contributed by atoms with E-state index in [9.17, 15) is 9.59 Å². The molecule has 0 aromatic heterocycles. The molecule has 0 saturated heterocycles.